The maximum atomic E-state index is 12.7. The molecule has 1 amide bonds. The molecule has 1 aliphatic rings. The number of halogens is 2. The smallest absolute Gasteiger partial charge is 0.244 e. The number of amides is 1. The lowest BCUT2D eigenvalue weighted by Crippen LogP contribution is -2.46. The standard InChI is InChI=1S/C14H19Cl2N3O3S/c15-11-3-4-13(12(16)8-11)23(21,22)19-7-1-2-10(9-19)14(20)18-6-5-17/h3-4,8,10H,1-2,5-7,9,17H2,(H,18,20). The van der Waals surface area contributed by atoms with Gasteiger partial charge in [0.15, 0.2) is 0 Å². The van der Waals surface area contributed by atoms with Crippen LogP contribution in [0.3, 0.4) is 0 Å². The summed E-state index contributed by atoms with van der Waals surface area (Å²) >= 11 is 11.8. The van der Waals surface area contributed by atoms with Crippen LogP contribution >= 0.6 is 23.2 Å². The Bertz CT molecular complexity index is 682. The van der Waals surface area contributed by atoms with E-state index >= 15 is 0 Å². The van der Waals surface area contributed by atoms with Gasteiger partial charge in [-0.15, -0.1) is 0 Å². The number of carbonyl (C=O) groups excluding carboxylic acids is 1. The van der Waals surface area contributed by atoms with Gasteiger partial charge in [0.1, 0.15) is 4.90 Å². The summed E-state index contributed by atoms with van der Waals surface area (Å²) in [7, 11) is -3.76. The van der Waals surface area contributed by atoms with Gasteiger partial charge in [0.2, 0.25) is 15.9 Å². The van der Waals surface area contributed by atoms with Crippen LogP contribution in [0.25, 0.3) is 0 Å². The van der Waals surface area contributed by atoms with E-state index in [1.807, 2.05) is 0 Å². The Balaban J connectivity index is 2.18. The molecular weight excluding hydrogens is 361 g/mol. The van der Waals surface area contributed by atoms with Crippen LogP contribution < -0.4 is 11.1 Å². The summed E-state index contributed by atoms with van der Waals surface area (Å²) < 4.78 is 26.8. The van der Waals surface area contributed by atoms with E-state index in [1.54, 1.807) is 0 Å². The molecule has 0 aliphatic carbocycles. The van der Waals surface area contributed by atoms with E-state index in [0.29, 0.717) is 37.5 Å². The highest BCUT2D eigenvalue weighted by molar-refractivity contribution is 7.89. The molecule has 6 nitrogen and oxygen atoms in total. The number of nitrogens with zero attached hydrogens (tertiary/aromatic N) is 1. The van der Waals surface area contributed by atoms with Crippen molar-refractivity contribution in [2.75, 3.05) is 26.2 Å². The zero-order chi connectivity index (χ0) is 17.0. The van der Waals surface area contributed by atoms with Crippen molar-refractivity contribution in [3.05, 3.63) is 28.2 Å². The second kappa shape index (κ2) is 7.81. The predicted molar refractivity (Wildman–Crippen MR) is 90.0 cm³/mol. The molecule has 23 heavy (non-hydrogen) atoms. The molecule has 3 N–H and O–H groups in total. The molecule has 1 atom stereocenters. The van der Waals surface area contributed by atoms with Gasteiger partial charge in [-0.2, -0.15) is 4.31 Å². The Labute approximate surface area is 146 Å². The van der Waals surface area contributed by atoms with Gasteiger partial charge in [-0.3, -0.25) is 4.79 Å². The lowest BCUT2D eigenvalue weighted by molar-refractivity contribution is -0.126. The first-order chi connectivity index (χ1) is 10.9. The zero-order valence-electron chi connectivity index (χ0n) is 12.5. The number of benzene rings is 1. The maximum Gasteiger partial charge on any atom is 0.244 e. The number of nitrogens with two attached hydrogens (primary N) is 1. The SMILES string of the molecule is NCCNC(=O)C1CCCN(S(=O)(=O)c2ccc(Cl)cc2Cl)C1. The van der Waals surface area contributed by atoms with E-state index in [9.17, 15) is 13.2 Å². The van der Waals surface area contributed by atoms with Crippen LogP contribution in [-0.4, -0.2) is 44.8 Å². The minimum atomic E-state index is -3.76. The van der Waals surface area contributed by atoms with Gasteiger partial charge < -0.3 is 11.1 Å². The molecule has 0 saturated carbocycles. The largest absolute Gasteiger partial charge is 0.355 e. The monoisotopic (exact) mass is 379 g/mol. The fourth-order valence-corrected chi connectivity index (χ4v) is 4.81. The number of hydrogen-bond donors (Lipinski definition) is 2. The number of rotatable bonds is 5. The van der Waals surface area contributed by atoms with Gasteiger partial charge in [0.25, 0.3) is 0 Å². The maximum absolute atomic E-state index is 12.7. The van der Waals surface area contributed by atoms with Crippen molar-refractivity contribution < 1.29 is 13.2 Å². The Hall–Kier alpha value is -0.860. The molecular formula is C14H19Cl2N3O3S. The van der Waals surface area contributed by atoms with E-state index in [0.717, 1.165) is 0 Å². The molecule has 1 saturated heterocycles. The van der Waals surface area contributed by atoms with Crippen LogP contribution in [-0.2, 0) is 14.8 Å². The molecule has 1 aromatic rings. The van der Waals surface area contributed by atoms with Crippen LogP contribution in [0.5, 0.6) is 0 Å². The first-order valence-electron chi connectivity index (χ1n) is 7.29. The molecule has 2 rings (SSSR count). The predicted octanol–water partition coefficient (Wildman–Crippen LogP) is 1.47. The molecule has 0 radical (unpaired) electrons. The third-order valence-electron chi connectivity index (χ3n) is 3.71. The highest BCUT2D eigenvalue weighted by Gasteiger charge is 2.34. The van der Waals surface area contributed by atoms with Crippen molar-refractivity contribution >= 4 is 39.1 Å². The van der Waals surface area contributed by atoms with Crippen molar-refractivity contribution in [1.82, 2.24) is 9.62 Å². The molecule has 0 aromatic heterocycles. The molecule has 1 heterocycles. The quantitative estimate of drug-likeness (QED) is 0.809. The summed E-state index contributed by atoms with van der Waals surface area (Å²) in [6.07, 6.45) is 1.27. The fourth-order valence-electron chi connectivity index (χ4n) is 2.54. The van der Waals surface area contributed by atoms with Crippen molar-refractivity contribution in [3.63, 3.8) is 0 Å². The lowest BCUT2D eigenvalue weighted by Gasteiger charge is -2.31. The second-order valence-corrected chi connectivity index (χ2v) is 8.11. The van der Waals surface area contributed by atoms with Gasteiger partial charge >= 0.3 is 0 Å². The van der Waals surface area contributed by atoms with E-state index in [4.69, 9.17) is 28.9 Å². The van der Waals surface area contributed by atoms with Gasteiger partial charge in [-0.1, -0.05) is 23.2 Å². The van der Waals surface area contributed by atoms with Gasteiger partial charge in [0.05, 0.1) is 10.9 Å². The number of carbonyl (C=O) groups is 1. The first-order valence-corrected chi connectivity index (χ1v) is 9.49. The van der Waals surface area contributed by atoms with Gasteiger partial charge in [0, 0.05) is 31.2 Å². The van der Waals surface area contributed by atoms with Crippen molar-refractivity contribution in [2.24, 2.45) is 11.7 Å². The molecule has 1 unspecified atom stereocenters. The minimum absolute atomic E-state index is 0.00610. The summed E-state index contributed by atoms with van der Waals surface area (Å²) in [6, 6.07) is 4.26. The van der Waals surface area contributed by atoms with Crippen LogP contribution in [0, 0.1) is 5.92 Å². The highest BCUT2D eigenvalue weighted by atomic mass is 35.5. The summed E-state index contributed by atoms with van der Waals surface area (Å²) in [5.74, 6) is -0.547. The van der Waals surface area contributed by atoms with Crippen LogP contribution in [0.15, 0.2) is 23.1 Å². The third-order valence-corrected chi connectivity index (χ3v) is 6.29. The summed E-state index contributed by atoms with van der Waals surface area (Å²) in [5, 5.41) is 3.15. The Morgan fingerprint density at radius 3 is 2.78 bits per heavy atom. The van der Waals surface area contributed by atoms with Gasteiger partial charge in [-0.05, 0) is 31.0 Å². The molecule has 9 heteroatoms. The summed E-state index contributed by atoms with van der Waals surface area (Å²) in [5.41, 5.74) is 5.36. The topological polar surface area (TPSA) is 92.5 Å². The van der Waals surface area contributed by atoms with E-state index < -0.39 is 10.0 Å². The summed E-state index contributed by atoms with van der Waals surface area (Å²) in [4.78, 5) is 12.1. The average Bonchev–Trinajstić information content (AvgIpc) is 2.52. The molecule has 0 bridgehead atoms. The Kier molecular flexibility index (Phi) is 6.27. The molecule has 1 fully saturated rings. The number of nitrogens with one attached hydrogen (secondary N) is 1. The van der Waals surface area contributed by atoms with Crippen molar-refractivity contribution in [2.45, 2.75) is 17.7 Å². The Morgan fingerprint density at radius 2 is 2.13 bits per heavy atom. The minimum Gasteiger partial charge on any atom is -0.355 e. The highest BCUT2D eigenvalue weighted by Crippen LogP contribution is 2.30. The van der Waals surface area contributed by atoms with Crippen LogP contribution in [0.1, 0.15) is 12.8 Å². The van der Waals surface area contributed by atoms with E-state index in [2.05, 4.69) is 5.32 Å². The van der Waals surface area contributed by atoms with Crippen molar-refractivity contribution in [1.29, 1.82) is 0 Å². The molecule has 128 valence electrons. The average molecular weight is 380 g/mol. The lowest BCUT2D eigenvalue weighted by atomic mass is 9.99. The Morgan fingerprint density at radius 1 is 1.39 bits per heavy atom. The second-order valence-electron chi connectivity index (χ2n) is 5.36. The normalized spacial score (nSPS) is 19.5. The van der Waals surface area contributed by atoms with E-state index in [1.165, 1.54) is 22.5 Å². The fraction of sp³-hybridized carbons (Fsp3) is 0.500. The molecule has 1 aromatic carbocycles. The number of piperidine rings is 1. The molecule has 0 spiro atoms. The van der Waals surface area contributed by atoms with Crippen molar-refractivity contribution in [3.8, 4) is 0 Å². The third kappa shape index (κ3) is 4.36. The molecule has 1 aliphatic heterocycles. The zero-order valence-corrected chi connectivity index (χ0v) is 14.8. The van der Waals surface area contributed by atoms with Gasteiger partial charge in [-0.25, -0.2) is 8.42 Å². The van der Waals surface area contributed by atoms with Crippen LogP contribution in [0.2, 0.25) is 10.0 Å². The van der Waals surface area contributed by atoms with Crippen LogP contribution in [0.4, 0.5) is 0 Å². The first kappa shape index (κ1) is 18.5. The number of sulfonamides is 1. The number of hydrogen-bond acceptors (Lipinski definition) is 4. The summed E-state index contributed by atoms with van der Waals surface area (Å²) in [6.45, 7) is 1.23. The van der Waals surface area contributed by atoms with E-state index in [-0.39, 0.29) is 28.3 Å².